The molecule has 0 spiro atoms. The van der Waals surface area contributed by atoms with Crippen molar-refractivity contribution in [1.29, 1.82) is 0 Å². The van der Waals surface area contributed by atoms with Gasteiger partial charge in [-0.15, -0.1) is 0 Å². The third-order valence-electron chi connectivity index (χ3n) is 3.84. The highest BCUT2D eigenvalue weighted by Crippen LogP contribution is 2.31. The lowest BCUT2D eigenvalue weighted by molar-refractivity contribution is -0.134. The summed E-state index contributed by atoms with van der Waals surface area (Å²) in [5, 5.41) is 0. The third kappa shape index (κ3) is 4.28. The zero-order valence-electron chi connectivity index (χ0n) is 14.7. The van der Waals surface area contributed by atoms with Crippen molar-refractivity contribution >= 4 is 5.97 Å². The van der Waals surface area contributed by atoms with E-state index in [4.69, 9.17) is 14.2 Å². The standard InChI is InChI=1S/C20H24O4/c1-5-15-10-11-17(14(3)12-15)23-13-16-18(22-4)8-7-9-19(16)24-20(21)6-2/h7-12H,5-6,13H2,1-4H3. The van der Waals surface area contributed by atoms with Gasteiger partial charge in [0, 0.05) is 6.42 Å². The van der Waals surface area contributed by atoms with Crippen LogP contribution in [0.3, 0.4) is 0 Å². The summed E-state index contributed by atoms with van der Waals surface area (Å²) in [6, 6.07) is 11.5. The predicted molar refractivity (Wildman–Crippen MR) is 93.8 cm³/mol. The molecule has 0 N–H and O–H groups in total. The first kappa shape index (κ1) is 17.9. The van der Waals surface area contributed by atoms with Gasteiger partial charge in [-0.2, -0.15) is 0 Å². The van der Waals surface area contributed by atoms with Gasteiger partial charge in [0.15, 0.2) is 0 Å². The molecule has 0 aliphatic heterocycles. The van der Waals surface area contributed by atoms with Gasteiger partial charge < -0.3 is 14.2 Å². The molecule has 4 nitrogen and oxygen atoms in total. The summed E-state index contributed by atoms with van der Waals surface area (Å²) in [4.78, 5) is 11.6. The molecule has 0 saturated carbocycles. The Labute approximate surface area is 143 Å². The van der Waals surface area contributed by atoms with Crippen molar-refractivity contribution in [2.75, 3.05) is 7.11 Å². The van der Waals surface area contributed by atoms with Crippen molar-refractivity contribution in [1.82, 2.24) is 0 Å². The molecule has 0 radical (unpaired) electrons. The van der Waals surface area contributed by atoms with E-state index < -0.39 is 0 Å². The Bertz CT molecular complexity index is 707. The predicted octanol–water partition coefficient (Wildman–Crippen LogP) is 4.46. The molecular formula is C20H24O4. The largest absolute Gasteiger partial charge is 0.496 e. The number of carbonyl (C=O) groups excluding carboxylic acids is 1. The van der Waals surface area contributed by atoms with E-state index in [1.54, 1.807) is 26.2 Å². The number of methoxy groups -OCH3 is 1. The zero-order valence-corrected chi connectivity index (χ0v) is 14.7. The quantitative estimate of drug-likeness (QED) is 0.556. The Morgan fingerprint density at radius 3 is 2.42 bits per heavy atom. The Hall–Kier alpha value is -2.49. The molecule has 2 aromatic carbocycles. The molecule has 0 atom stereocenters. The first-order valence-electron chi connectivity index (χ1n) is 8.17. The highest BCUT2D eigenvalue weighted by molar-refractivity contribution is 5.72. The molecule has 0 aliphatic rings. The van der Waals surface area contributed by atoms with Crippen LogP contribution in [0.25, 0.3) is 0 Å². The van der Waals surface area contributed by atoms with Gasteiger partial charge in [-0.25, -0.2) is 0 Å². The minimum atomic E-state index is -0.284. The van der Waals surface area contributed by atoms with E-state index in [9.17, 15) is 4.79 Å². The van der Waals surface area contributed by atoms with E-state index in [1.165, 1.54) is 5.56 Å². The fourth-order valence-corrected chi connectivity index (χ4v) is 2.41. The van der Waals surface area contributed by atoms with Crippen LogP contribution in [0.1, 0.15) is 37.0 Å². The smallest absolute Gasteiger partial charge is 0.310 e. The van der Waals surface area contributed by atoms with E-state index in [0.717, 1.165) is 23.3 Å². The number of esters is 1. The van der Waals surface area contributed by atoms with Gasteiger partial charge in [0.2, 0.25) is 0 Å². The molecule has 2 aromatic rings. The van der Waals surface area contributed by atoms with Crippen LogP contribution in [0, 0.1) is 6.92 Å². The number of rotatable bonds is 7. The molecule has 4 heteroatoms. The van der Waals surface area contributed by atoms with Crippen molar-refractivity contribution in [2.24, 2.45) is 0 Å². The minimum absolute atomic E-state index is 0.267. The van der Waals surface area contributed by atoms with Gasteiger partial charge in [0.1, 0.15) is 23.9 Å². The molecule has 0 saturated heterocycles. The second-order valence-electron chi connectivity index (χ2n) is 5.51. The molecule has 0 amide bonds. The zero-order chi connectivity index (χ0) is 17.5. The Balaban J connectivity index is 2.23. The van der Waals surface area contributed by atoms with Gasteiger partial charge in [0.25, 0.3) is 0 Å². The number of aryl methyl sites for hydroxylation is 2. The average molecular weight is 328 g/mol. The maximum atomic E-state index is 11.6. The van der Waals surface area contributed by atoms with Gasteiger partial charge >= 0.3 is 5.97 Å². The summed E-state index contributed by atoms with van der Waals surface area (Å²) < 4.78 is 16.7. The van der Waals surface area contributed by atoms with Crippen molar-refractivity contribution in [2.45, 2.75) is 40.2 Å². The second-order valence-corrected chi connectivity index (χ2v) is 5.51. The minimum Gasteiger partial charge on any atom is -0.496 e. The molecule has 0 aliphatic carbocycles. The van der Waals surface area contributed by atoms with Crippen molar-refractivity contribution in [3.8, 4) is 17.2 Å². The van der Waals surface area contributed by atoms with Crippen molar-refractivity contribution in [3.05, 3.63) is 53.1 Å². The van der Waals surface area contributed by atoms with Gasteiger partial charge in [0.05, 0.1) is 12.7 Å². The fourth-order valence-electron chi connectivity index (χ4n) is 2.41. The van der Waals surface area contributed by atoms with E-state index in [-0.39, 0.29) is 12.6 Å². The van der Waals surface area contributed by atoms with Crippen LogP contribution in [0.5, 0.6) is 17.2 Å². The summed E-state index contributed by atoms with van der Waals surface area (Å²) in [5.41, 5.74) is 3.08. The van der Waals surface area contributed by atoms with Gasteiger partial charge in [-0.1, -0.05) is 32.0 Å². The summed E-state index contributed by atoms with van der Waals surface area (Å²) in [7, 11) is 1.59. The van der Waals surface area contributed by atoms with E-state index in [1.807, 2.05) is 19.1 Å². The number of hydrogen-bond acceptors (Lipinski definition) is 4. The first-order valence-corrected chi connectivity index (χ1v) is 8.17. The molecule has 2 rings (SSSR count). The molecular weight excluding hydrogens is 304 g/mol. The van der Waals surface area contributed by atoms with Crippen molar-refractivity contribution in [3.63, 3.8) is 0 Å². The lowest BCUT2D eigenvalue weighted by atomic mass is 10.1. The fraction of sp³-hybridized carbons (Fsp3) is 0.350. The van der Waals surface area contributed by atoms with E-state index in [0.29, 0.717) is 17.9 Å². The normalized spacial score (nSPS) is 10.3. The molecule has 0 aromatic heterocycles. The summed E-state index contributed by atoms with van der Waals surface area (Å²) in [5.74, 6) is 1.64. The van der Waals surface area contributed by atoms with Crippen LogP contribution in [-0.4, -0.2) is 13.1 Å². The topological polar surface area (TPSA) is 44.8 Å². The third-order valence-corrected chi connectivity index (χ3v) is 3.84. The SMILES string of the molecule is CCC(=O)Oc1cccc(OC)c1COc1ccc(CC)cc1C. The summed E-state index contributed by atoms with van der Waals surface area (Å²) >= 11 is 0. The summed E-state index contributed by atoms with van der Waals surface area (Å²) in [6.45, 7) is 6.17. The van der Waals surface area contributed by atoms with E-state index >= 15 is 0 Å². The highest BCUT2D eigenvalue weighted by atomic mass is 16.5. The molecule has 128 valence electrons. The van der Waals surface area contributed by atoms with Crippen molar-refractivity contribution < 1.29 is 19.0 Å². The van der Waals surface area contributed by atoms with Crippen LogP contribution in [0.15, 0.2) is 36.4 Å². The second kappa shape index (κ2) is 8.39. The highest BCUT2D eigenvalue weighted by Gasteiger charge is 2.14. The van der Waals surface area contributed by atoms with Crippen LogP contribution >= 0.6 is 0 Å². The van der Waals surface area contributed by atoms with Gasteiger partial charge in [-0.3, -0.25) is 4.79 Å². The monoisotopic (exact) mass is 328 g/mol. The summed E-state index contributed by atoms with van der Waals surface area (Å²) in [6.07, 6.45) is 1.31. The lowest BCUT2D eigenvalue weighted by Crippen LogP contribution is -2.09. The van der Waals surface area contributed by atoms with Gasteiger partial charge in [-0.05, 0) is 42.7 Å². The number of hydrogen-bond donors (Lipinski definition) is 0. The van der Waals surface area contributed by atoms with Crippen LogP contribution < -0.4 is 14.2 Å². The van der Waals surface area contributed by atoms with Crippen LogP contribution in [0.4, 0.5) is 0 Å². The average Bonchev–Trinajstić information content (AvgIpc) is 2.60. The molecule has 0 heterocycles. The molecule has 24 heavy (non-hydrogen) atoms. The van der Waals surface area contributed by atoms with Crippen LogP contribution in [-0.2, 0) is 17.8 Å². The maximum absolute atomic E-state index is 11.6. The maximum Gasteiger partial charge on any atom is 0.310 e. The molecule has 0 unspecified atom stereocenters. The van der Waals surface area contributed by atoms with Crippen LogP contribution in [0.2, 0.25) is 0 Å². The lowest BCUT2D eigenvalue weighted by Gasteiger charge is -2.15. The molecule has 0 fully saturated rings. The number of ether oxygens (including phenoxy) is 3. The molecule has 0 bridgehead atoms. The first-order chi connectivity index (χ1) is 11.6. The Morgan fingerprint density at radius 2 is 1.79 bits per heavy atom. The Kier molecular flexibility index (Phi) is 6.24. The number of carbonyl (C=O) groups is 1. The van der Waals surface area contributed by atoms with E-state index in [2.05, 4.69) is 19.1 Å². The number of benzene rings is 2. The Morgan fingerprint density at radius 1 is 1.04 bits per heavy atom.